The number of allylic oxidation sites excluding steroid dienone is 1. The van der Waals surface area contributed by atoms with Gasteiger partial charge in [-0.15, -0.1) is 6.58 Å². The van der Waals surface area contributed by atoms with Crippen molar-refractivity contribution in [2.24, 2.45) is 5.41 Å². The van der Waals surface area contributed by atoms with E-state index in [4.69, 9.17) is 5.26 Å². The fourth-order valence-corrected chi connectivity index (χ4v) is 1.73. The van der Waals surface area contributed by atoms with E-state index in [1.165, 1.54) is 0 Å². The molecule has 1 rings (SSSR count). The molecule has 1 N–H and O–H groups in total. The van der Waals surface area contributed by atoms with Crippen LogP contribution < -0.4 is 0 Å². The number of rotatable bonds is 2. The lowest BCUT2D eigenvalue weighted by atomic mass is 9.82. The minimum atomic E-state index is -0.512. The van der Waals surface area contributed by atoms with Crippen LogP contribution >= 0.6 is 0 Å². The van der Waals surface area contributed by atoms with Gasteiger partial charge in [-0.3, -0.25) is 0 Å². The lowest BCUT2D eigenvalue weighted by Crippen LogP contribution is -2.27. The van der Waals surface area contributed by atoms with Crippen molar-refractivity contribution in [2.45, 2.75) is 31.8 Å². The van der Waals surface area contributed by atoms with E-state index in [0.717, 1.165) is 19.3 Å². The van der Waals surface area contributed by atoms with Crippen LogP contribution in [0.1, 0.15) is 25.7 Å². The predicted molar refractivity (Wildman–Crippen MR) is 42.7 cm³/mol. The maximum Gasteiger partial charge on any atom is 0.0866 e. The molecule has 0 unspecified atom stereocenters. The molecule has 1 aliphatic rings. The molecule has 2 atom stereocenters. The van der Waals surface area contributed by atoms with Crippen molar-refractivity contribution in [2.75, 3.05) is 0 Å². The van der Waals surface area contributed by atoms with Crippen LogP contribution in [0.25, 0.3) is 0 Å². The first kappa shape index (κ1) is 8.29. The molecule has 0 saturated heterocycles. The summed E-state index contributed by atoms with van der Waals surface area (Å²) in [5, 5.41) is 18.4. The molecule has 0 heterocycles. The Morgan fingerprint density at radius 1 is 1.82 bits per heavy atom. The standard InChI is InChI=1S/C9H13NO/c1-2-5-9(7-10)6-3-4-8(9)11/h2,8,11H,1,3-6H2/t8-,9+/m1/s1. The molecule has 0 amide bonds. The average molecular weight is 151 g/mol. The highest BCUT2D eigenvalue weighted by molar-refractivity contribution is 5.09. The second-order valence-electron chi connectivity index (χ2n) is 3.17. The summed E-state index contributed by atoms with van der Waals surface area (Å²) in [7, 11) is 0. The van der Waals surface area contributed by atoms with Crippen LogP contribution in [0.2, 0.25) is 0 Å². The zero-order valence-corrected chi connectivity index (χ0v) is 6.58. The van der Waals surface area contributed by atoms with Crippen LogP contribution in [0.3, 0.4) is 0 Å². The lowest BCUT2D eigenvalue weighted by Gasteiger charge is -2.22. The Labute approximate surface area is 67.2 Å². The Morgan fingerprint density at radius 2 is 2.55 bits per heavy atom. The van der Waals surface area contributed by atoms with Crippen molar-refractivity contribution in [1.82, 2.24) is 0 Å². The number of nitriles is 1. The van der Waals surface area contributed by atoms with Gasteiger partial charge in [-0.25, -0.2) is 0 Å². The first-order chi connectivity index (χ1) is 5.25. The van der Waals surface area contributed by atoms with E-state index in [2.05, 4.69) is 12.6 Å². The van der Waals surface area contributed by atoms with E-state index >= 15 is 0 Å². The molecule has 1 fully saturated rings. The average Bonchev–Trinajstić information content (AvgIpc) is 2.35. The van der Waals surface area contributed by atoms with Gasteiger partial charge >= 0.3 is 0 Å². The lowest BCUT2D eigenvalue weighted by molar-refractivity contribution is 0.0935. The third-order valence-electron chi connectivity index (χ3n) is 2.47. The summed E-state index contributed by atoms with van der Waals surface area (Å²) in [5.74, 6) is 0. The fraction of sp³-hybridized carbons (Fsp3) is 0.667. The van der Waals surface area contributed by atoms with E-state index in [1.54, 1.807) is 6.08 Å². The second-order valence-corrected chi connectivity index (χ2v) is 3.17. The van der Waals surface area contributed by atoms with Gasteiger partial charge in [0.1, 0.15) is 0 Å². The van der Waals surface area contributed by atoms with Crippen LogP contribution in [0.5, 0.6) is 0 Å². The summed E-state index contributed by atoms with van der Waals surface area (Å²) >= 11 is 0. The molecule has 0 radical (unpaired) electrons. The maximum absolute atomic E-state index is 9.50. The van der Waals surface area contributed by atoms with Gasteiger partial charge in [-0.05, 0) is 25.7 Å². The molecule has 0 bridgehead atoms. The number of aliphatic hydroxyl groups excluding tert-OH is 1. The van der Waals surface area contributed by atoms with Crippen molar-refractivity contribution in [3.05, 3.63) is 12.7 Å². The third kappa shape index (κ3) is 1.29. The van der Waals surface area contributed by atoms with Crippen LogP contribution in [0.4, 0.5) is 0 Å². The minimum absolute atomic E-state index is 0.439. The number of hydrogen-bond donors (Lipinski definition) is 1. The van der Waals surface area contributed by atoms with Gasteiger partial charge in [0, 0.05) is 0 Å². The number of aliphatic hydroxyl groups is 1. The maximum atomic E-state index is 9.50. The van der Waals surface area contributed by atoms with Crippen LogP contribution in [-0.4, -0.2) is 11.2 Å². The van der Waals surface area contributed by atoms with Crippen LogP contribution in [-0.2, 0) is 0 Å². The fourth-order valence-electron chi connectivity index (χ4n) is 1.73. The van der Waals surface area contributed by atoms with Crippen molar-refractivity contribution in [3.8, 4) is 6.07 Å². The Kier molecular flexibility index (Phi) is 2.31. The SMILES string of the molecule is C=CC[C@@]1(C#N)CCC[C@H]1O. The minimum Gasteiger partial charge on any atom is -0.391 e. The molecule has 0 aliphatic heterocycles. The van der Waals surface area contributed by atoms with Gasteiger partial charge in [0.05, 0.1) is 17.6 Å². The predicted octanol–water partition coefficient (Wildman–Crippen LogP) is 1.62. The number of nitrogens with zero attached hydrogens (tertiary/aromatic N) is 1. The largest absolute Gasteiger partial charge is 0.391 e. The molecular weight excluding hydrogens is 138 g/mol. The molecule has 2 heteroatoms. The summed E-state index contributed by atoms with van der Waals surface area (Å²) < 4.78 is 0. The van der Waals surface area contributed by atoms with Crippen molar-refractivity contribution in [1.29, 1.82) is 5.26 Å². The van der Waals surface area contributed by atoms with Crippen LogP contribution in [0.15, 0.2) is 12.7 Å². The van der Waals surface area contributed by atoms with Crippen molar-refractivity contribution < 1.29 is 5.11 Å². The monoisotopic (exact) mass is 151 g/mol. The second kappa shape index (κ2) is 3.06. The summed E-state index contributed by atoms with van der Waals surface area (Å²) in [6, 6.07) is 2.21. The van der Waals surface area contributed by atoms with Crippen LogP contribution in [0, 0.1) is 16.7 Å². The van der Waals surface area contributed by atoms with Crippen molar-refractivity contribution >= 4 is 0 Å². The molecule has 2 nitrogen and oxygen atoms in total. The highest BCUT2D eigenvalue weighted by atomic mass is 16.3. The van der Waals surface area contributed by atoms with Crippen molar-refractivity contribution in [3.63, 3.8) is 0 Å². The van der Waals surface area contributed by atoms with E-state index < -0.39 is 11.5 Å². The first-order valence-corrected chi connectivity index (χ1v) is 3.95. The summed E-state index contributed by atoms with van der Waals surface area (Å²) in [6.45, 7) is 3.59. The van der Waals surface area contributed by atoms with Gasteiger partial charge in [0.15, 0.2) is 0 Å². The molecule has 0 aromatic carbocycles. The van der Waals surface area contributed by atoms with Gasteiger partial charge < -0.3 is 5.11 Å². The topological polar surface area (TPSA) is 44.0 Å². The highest BCUT2D eigenvalue weighted by Gasteiger charge is 2.41. The Bertz CT molecular complexity index is 194. The molecule has 60 valence electrons. The zero-order chi connectivity index (χ0) is 8.32. The summed E-state index contributed by atoms with van der Waals surface area (Å²) in [4.78, 5) is 0. The Morgan fingerprint density at radius 3 is 2.91 bits per heavy atom. The summed E-state index contributed by atoms with van der Waals surface area (Å²) in [5.41, 5.74) is -0.512. The quantitative estimate of drug-likeness (QED) is 0.609. The third-order valence-corrected chi connectivity index (χ3v) is 2.47. The van der Waals surface area contributed by atoms with Gasteiger partial charge in [0.25, 0.3) is 0 Å². The van der Waals surface area contributed by atoms with Gasteiger partial charge in [-0.1, -0.05) is 6.08 Å². The number of hydrogen-bond acceptors (Lipinski definition) is 2. The van der Waals surface area contributed by atoms with E-state index in [9.17, 15) is 5.11 Å². The highest BCUT2D eigenvalue weighted by Crippen LogP contribution is 2.40. The first-order valence-electron chi connectivity index (χ1n) is 3.95. The molecule has 11 heavy (non-hydrogen) atoms. The molecule has 1 saturated carbocycles. The van der Waals surface area contributed by atoms with Gasteiger partial charge in [-0.2, -0.15) is 5.26 Å². The summed E-state index contributed by atoms with van der Waals surface area (Å²) in [6.07, 6.45) is 4.44. The smallest absolute Gasteiger partial charge is 0.0866 e. The normalized spacial score (nSPS) is 36.5. The van der Waals surface area contributed by atoms with Gasteiger partial charge in [0.2, 0.25) is 0 Å². The Hall–Kier alpha value is -0.810. The molecular formula is C9H13NO. The molecule has 0 aromatic heterocycles. The molecule has 1 aliphatic carbocycles. The molecule has 0 aromatic rings. The van der Waals surface area contributed by atoms with E-state index in [0.29, 0.717) is 6.42 Å². The zero-order valence-electron chi connectivity index (χ0n) is 6.58. The van der Waals surface area contributed by atoms with E-state index in [-0.39, 0.29) is 0 Å². The molecule has 0 spiro atoms. The Balaban J connectivity index is 2.75. The van der Waals surface area contributed by atoms with E-state index in [1.807, 2.05) is 0 Å².